The molecule has 0 fully saturated rings. The fourth-order valence-corrected chi connectivity index (χ4v) is 2.07. The first-order valence-electron chi connectivity index (χ1n) is 6.56. The summed E-state index contributed by atoms with van der Waals surface area (Å²) in [6.07, 6.45) is 5.54. The molecule has 0 saturated carbocycles. The number of nitrogens with two attached hydrogens (primary N) is 1. The molecule has 0 spiro atoms. The van der Waals surface area contributed by atoms with E-state index in [0.29, 0.717) is 0 Å². The van der Waals surface area contributed by atoms with Crippen LogP contribution in [0.25, 0.3) is 0 Å². The van der Waals surface area contributed by atoms with Gasteiger partial charge in [-0.2, -0.15) is 5.10 Å². The second kappa shape index (κ2) is 5.34. The number of nitrogens with zero attached hydrogens (tertiary/aromatic N) is 4. The van der Waals surface area contributed by atoms with Gasteiger partial charge in [0.15, 0.2) is 0 Å². The molecule has 2 aromatic rings. The van der Waals surface area contributed by atoms with Crippen molar-refractivity contribution in [3.05, 3.63) is 24.4 Å². The fourth-order valence-electron chi connectivity index (χ4n) is 2.07. The van der Waals surface area contributed by atoms with E-state index in [1.807, 2.05) is 28.7 Å². The molecule has 2 rings (SSSR count). The molecule has 0 radical (unpaired) electrons. The van der Waals surface area contributed by atoms with Crippen LogP contribution in [-0.2, 0) is 6.54 Å². The standard InChI is InChI=1S/C13H22N6/c1-9(2)19-13(12(14)11(4)17-19)16-10(3)7-18-6-5-15-8-18/h5-6,8-10,16H,7,14H2,1-4H3. The van der Waals surface area contributed by atoms with Crippen LogP contribution in [0.5, 0.6) is 0 Å². The number of aryl methyl sites for hydroxylation is 1. The van der Waals surface area contributed by atoms with Crippen molar-refractivity contribution in [1.82, 2.24) is 19.3 Å². The highest BCUT2D eigenvalue weighted by atomic mass is 15.4. The molecule has 0 bridgehead atoms. The van der Waals surface area contributed by atoms with Gasteiger partial charge in [-0.25, -0.2) is 9.67 Å². The Morgan fingerprint density at radius 3 is 2.68 bits per heavy atom. The highest BCUT2D eigenvalue weighted by Crippen LogP contribution is 2.26. The number of anilines is 2. The molecule has 0 aliphatic carbocycles. The molecule has 0 aliphatic heterocycles. The number of aromatic nitrogens is 4. The topological polar surface area (TPSA) is 73.7 Å². The van der Waals surface area contributed by atoms with Crippen molar-refractivity contribution in [2.45, 2.75) is 46.3 Å². The lowest BCUT2D eigenvalue weighted by Crippen LogP contribution is -2.24. The van der Waals surface area contributed by atoms with E-state index < -0.39 is 0 Å². The first kappa shape index (κ1) is 13.5. The van der Waals surface area contributed by atoms with Crippen LogP contribution >= 0.6 is 0 Å². The lowest BCUT2D eigenvalue weighted by molar-refractivity contribution is 0.526. The maximum absolute atomic E-state index is 6.10. The van der Waals surface area contributed by atoms with Gasteiger partial charge in [0.1, 0.15) is 5.82 Å². The van der Waals surface area contributed by atoms with Crippen molar-refractivity contribution in [2.75, 3.05) is 11.1 Å². The van der Waals surface area contributed by atoms with Crippen LogP contribution in [0.3, 0.4) is 0 Å². The van der Waals surface area contributed by atoms with E-state index in [9.17, 15) is 0 Å². The molecule has 2 heterocycles. The molecule has 6 nitrogen and oxygen atoms in total. The Morgan fingerprint density at radius 2 is 2.11 bits per heavy atom. The van der Waals surface area contributed by atoms with Gasteiger partial charge < -0.3 is 15.6 Å². The number of rotatable bonds is 5. The van der Waals surface area contributed by atoms with Crippen LogP contribution in [0.1, 0.15) is 32.5 Å². The van der Waals surface area contributed by atoms with Gasteiger partial charge in [-0.1, -0.05) is 0 Å². The van der Waals surface area contributed by atoms with Crippen LogP contribution in [0.15, 0.2) is 18.7 Å². The molecule has 104 valence electrons. The Kier molecular flexibility index (Phi) is 3.78. The summed E-state index contributed by atoms with van der Waals surface area (Å²) < 4.78 is 3.98. The largest absolute Gasteiger partial charge is 0.394 e. The molecule has 2 aromatic heterocycles. The van der Waals surface area contributed by atoms with Gasteiger partial charge in [0, 0.05) is 31.0 Å². The molecule has 6 heteroatoms. The Labute approximate surface area is 113 Å². The summed E-state index contributed by atoms with van der Waals surface area (Å²) in [5.74, 6) is 0.903. The van der Waals surface area contributed by atoms with E-state index >= 15 is 0 Å². The molecule has 0 saturated heterocycles. The zero-order chi connectivity index (χ0) is 14.0. The zero-order valence-corrected chi connectivity index (χ0v) is 12.0. The quantitative estimate of drug-likeness (QED) is 0.865. The van der Waals surface area contributed by atoms with E-state index in [-0.39, 0.29) is 12.1 Å². The first-order valence-corrected chi connectivity index (χ1v) is 6.56. The molecule has 0 aliphatic rings. The lowest BCUT2D eigenvalue weighted by Gasteiger charge is -2.19. The summed E-state index contributed by atoms with van der Waals surface area (Å²) in [6, 6.07) is 0.518. The van der Waals surface area contributed by atoms with Crippen LogP contribution in [-0.4, -0.2) is 25.4 Å². The molecular weight excluding hydrogens is 240 g/mol. The van der Waals surface area contributed by atoms with E-state index in [4.69, 9.17) is 5.73 Å². The molecule has 0 aromatic carbocycles. The number of imidazole rings is 1. The van der Waals surface area contributed by atoms with Crippen molar-refractivity contribution in [3.8, 4) is 0 Å². The van der Waals surface area contributed by atoms with Crippen molar-refractivity contribution in [1.29, 1.82) is 0 Å². The fraction of sp³-hybridized carbons (Fsp3) is 0.538. The summed E-state index contributed by atoms with van der Waals surface area (Å²) >= 11 is 0. The number of nitrogen functional groups attached to an aromatic ring is 1. The minimum atomic E-state index is 0.241. The van der Waals surface area contributed by atoms with Gasteiger partial charge in [-0.05, 0) is 27.7 Å². The highest BCUT2D eigenvalue weighted by Gasteiger charge is 2.16. The van der Waals surface area contributed by atoms with E-state index in [1.54, 1.807) is 6.20 Å². The molecule has 3 N–H and O–H groups in total. The molecule has 19 heavy (non-hydrogen) atoms. The Morgan fingerprint density at radius 1 is 1.37 bits per heavy atom. The van der Waals surface area contributed by atoms with E-state index in [0.717, 1.165) is 23.7 Å². The normalized spacial score (nSPS) is 12.9. The van der Waals surface area contributed by atoms with Gasteiger partial charge in [0.05, 0.1) is 17.7 Å². The smallest absolute Gasteiger partial charge is 0.148 e. The first-order chi connectivity index (χ1) is 8.99. The predicted octanol–water partition coefficient (Wildman–Crippen LogP) is 2.05. The van der Waals surface area contributed by atoms with Crippen LogP contribution in [0, 0.1) is 6.92 Å². The summed E-state index contributed by atoms with van der Waals surface area (Å²) in [7, 11) is 0. The monoisotopic (exact) mass is 262 g/mol. The lowest BCUT2D eigenvalue weighted by atomic mass is 10.3. The Bertz CT molecular complexity index is 526. The molecule has 1 unspecified atom stereocenters. The van der Waals surface area contributed by atoms with Crippen LogP contribution in [0.2, 0.25) is 0 Å². The van der Waals surface area contributed by atoms with Gasteiger partial charge in [0.25, 0.3) is 0 Å². The third kappa shape index (κ3) is 2.89. The second-order valence-electron chi connectivity index (χ2n) is 5.19. The minimum absolute atomic E-state index is 0.241. The van der Waals surface area contributed by atoms with Crippen molar-refractivity contribution < 1.29 is 0 Å². The van der Waals surface area contributed by atoms with Gasteiger partial charge >= 0.3 is 0 Å². The van der Waals surface area contributed by atoms with Gasteiger partial charge in [-0.3, -0.25) is 0 Å². The van der Waals surface area contributed by atoms with E-state index in [1.165, 1.54) is 0 Å². The van der Waals surface area contributed by atoms with Crippen LogP contribution in [0.4, 0.5) is 11.5 Å². The minimum Gasteiger partial charge on any atom is -0.394 e. The van der Waals surface area contributed by atoms with Gasteiger partial charge in [0.2, 0.25) is 0 Å². The SMILES string of the molecule is Cc1nn(C(C)C)c(NC(C)Cn2ccnc2)c1N. The highest BCUT2D eigenvalue weighted by molar-refractivity contribution is 5.65. The summed E-state index contributed by atoms with van der Waals surface area (Å²) in [4.78, 5) is 4.04. The number of hydrogen-bond acceptors (Lipinski definition) is 4. The predicted molar refractivity (Wildman–Crippen MR) is 77.1 cm³/mol. The second-order valence-corrected chi connectivity index (χ2v) is 5.19. The maximum Gasteiger partial charge on any atom is 0.148 e. The Hall–Kier alpha value is -1.98. The third-order valence-electron chi connectivity index (χ3n) is 3.05. The summed E-state index contributed by atoms with van der Waals surface area (Å²) in [5.41, 5.74) is 7.69. The van der Waals surface area contributed by atoms with E-state index in [2.05, 4.69) is 36.2 Å². The number of hydrogen-bond donors (Lipinski definition) is 2. The molecule has 0 amide bonds. The Balaban J connectivity index is 2.14. The maximum atomic E-state index is 6.10. The summed E-state index contributed by atoms with van der Waals surface area (Å²) in [6.45, 7) is 9.07. The van der Waals surface area contributed by atoms with Crippen molar-refractivity contribution >= 4 is 11.5 Å². The van der Waals surface area contributed by atoms with Gasteiger partial charge in [-0.15, -0.1) is 0 Å². The third-order valence-corrected chi connectivity index (χ3v) is 3.05. The van der Waals surface area contributed by atoms with Crippen molar-refractivity contribution in [2.24, 2.45) is 0 Å². The number of nitrogens with one attached hydrogen (secondary N) is 1. The molecule has 1 atom stereocenters. The summed E-state index contributed by atoms with van der Waals surface area (Å²) in [5, 5.41) is 7.92. The van der Waals surface area contributed by atoms with Crippen LogP contribution < -0.4 is 11.1 Å². The van der Waals surface area contributed by atoms with Crippen molar-refractivity contribution in [3.63, 3.8) is 0 Å². The molecular formula is C13H22N6. The average Bonchev–Trinajstić information content (AvgIpc) is 2.92. The average molecular weight is 262 g/mol. The zero-order valence-electron chi connectivity index (χ0n) is 12.0.